The molecule has 30 heavy (non-hydrogen) atoms. The Kier molecular flexibility index (Phi) is 5.43. The lowest BCUT2D eigenvalue weighted by Gasteiger charge is -2.32. The van der Waals surface area contributed by atoms with Crippen LogP contribution >= 0.6 is 0 Å². The second kappa shape index (κ2) is 8.17. The van der Waals surface area contributed by atoms with Gasteiger partial charge < -0.3 is 14.4 Å². The van der Waals surface area contributed by atoms with Gasteiger partial charge in [0.1, 0.15) is 11.9 Å². The van der Waals surface area contributed by atoms with E-state index in [4.69, 9.17) is 4.74 Å². The van der Waals surface area contributed by atoms with Crippen LogP contribution in [0.2, 0.25) is 0 Å². The van der Waals surface area contributed by atoms with Crippen LogP contribution in [0, 0.1) is 0 Å². The third kappa shape index (κ3) is 4.79. The number of amides is 1. The lowest BCUT2D eigenvalue weighted by atomic mass is 10.1. The number of hydrogen-bond donors (Lipinski definition) is 0. The summed E-state index contributed by atoms with van der Waals surface area (Å²) < 4.78 is 46.5. The first kappa shape index (κ1) is 19.9. The highest BCUT2D eigenvalue weighted by atomic mass is 19.4. The Labute approximate surface area is 170 Å². The van der Waals surface area contributed by atoms with E-state index in [1.807, 2.05) is 24.3 Å². The zero-order chi connectivity index (χ0) is 21.1. The van der Waals surface area contributed by atoms with Crippen LogP contribution in [0.25, 0.3) is 11.0 Å². The van der Waals surface area contributed by atoms with E-state index < -0.39 is 6.36 Å². The molecule has 156 valence electrons. The lowest BCUT2D eigenvalue weighted by molar-refractivity contribution is -0.274. The number of piperidine rings is 1. The highest BCUT2D eigenvalue weighted by Gasteiger charge is 2.31. The Balaban J connectivity index is 1.32. The molecule has 0 radical (unpaired) electrons. The number of nitrogens with zero attached hydrogens (tertiary/aromatic N) is 3. The van der Waals surface area contributed by atoms with E-state index in [2.05, 4.69) is 14.7 Å². The summed E-state index contributed by atoms with van der Waals surface area (Å²) >= 11 is 0. The first-order valence-corrected chi connectivity index (χ1v) is 9.41. The van der Waals surface area contributed by atoms with E-state index in [0.717, 1.165) is 23.2 Å². The Bertz CT molecular complexity index is 1030. The van der Waals surface area contributed by atoms with Crippen molar-refractivity contribution in [2.24, 2.45) is 0 Å². The normalized spacial score (nSPS) is 15.2. The first-order chi connectivity index (χ1) is 14.4. The first-order valence-electron chi connectivity index (χ1n) is 9.41. The van der Waals surface area contributed by atoms with Gasteiger partial charge in [0, 0.05) is 31.5 Å². The molecule has 1 aliphatic heterocycles. The summed E-state index contributed by atoms with van der Waals surface area (Å²) in [5.41, 5.74) is 1.85. The molecule has 0 N–H and O–H groups in total. The van der Waals surface area contributed by atoms with Crippen LogP contribution in [0.15, 0.2) is 54.7 Å². The molecule has 1 aromatic heterocycles. The van der Waals surface area contributed by atoms with Crippen LogP contribution < -0.4 is 9.47 Å². The van der Waals surface area contributed by atoms with Crippen LogP contribution in [0.4, 0.5) is 13.2 Å². The second-order valence-corrected chi connectivity index (χ2v) is 6.88. The van der Waals surface area contributed by atoms with E-state index in [9.17, 15) is 18.0 Å². The number of rotatable bonds is 4. The van der Waals surface area contributed by atoms with Crippen LogP contribution in [0.5, 0.6) is 11.6 Å². The highest BCUT2D eigenvalue weighted by molar-refractivity contribution is 5.94. The zero-order valence-electron chi connectivity index (χ0n) is 15.8. The lowest BCUT2D eigenvalue weighted by Crippen LogP contribution is -2.41. The molecule has 2 heterocycles. The maximum Gasteiger partial charge on any atom is 0.573 e. The van der Waals surface area contributed by atoms with Gasteiger partial charge in [0.15, 0.2) is 0 Å². The average Bonchev–Trinajstić information content (AvgIpc) is 2.73. The standard InChI is InChI=1S/C21H18F3N3O3/c22-21(23,24)30-16-7-5-14(6-8-16)20(28)27-11-9-15(10-12-27)29-19-13-25-17-3-1-2-4-18(17)26-19/h1-8,13,15H,9-12H2. The molecule has 1 aliphatic rings. The molecule has 0 aliphatic carbocycles. The summed E-state index contributed by atoms with van der Waals surface area (Å²) in [6.07, 6.45) is -2.02. The summed E-state index contributed by atoms with van der Waals surface area (Å²) in [5, 5.41) is 0. The molecule has 0 spiro atoms. The number of halogens is 3. The van der Waals surface area contributed by atoms with Gasteiger partial charge in [-0.3, -0.25) is 4.79 Å². The quantitative estimate of drug-likeness (QED) is 0.636. The van der Waals surface area contributed by atoms with Crippen molar-refractivity contribution in [2.45, 2.75) is 25.3 Å². The fraction of sp³-hybridized carbons (Fsp3) is 0.286. The van der Waals surface area contributed by atoms with Crippen molar-refractivity contribution < 1.29 is 27.4 Å². The molecule has 1 saturated heterocycles. The largest absolute Gasteiger partial charge is 0.573 e. The minimum Gasteiger partial charge on any atom is -0.473 e. The van der Waals surface area contributed by atoms with Gasteiger partial charge >= 0.3 is 6.36 Å². The number of carbonyl (C=O) groups is 1. The van der Waals surface area contributed by atoms with E-state index in [1.165, 1.54) is 12.1 Å². The minimum absolute atomic E-state index is 0.0907. The number of para-hydroxylation sites is 2. The number of hydrogen-bond acceptors (Lipinski definition) is 5. The van der Waals surface area contributed by atoms with Crippen molar-refractivity contribution in [3.8, 4) is 11.6 Å². The molecule has 9 heteroatoms. The van der Waals surface area contributed by atoms with Crippen molar-refractivity contribution in [3.05, 3.63) is 60.3 Å². The summed E-state index contributed by atoms with van der Waals surface area (Å²) in [5.74, 6) is -0.154. The van der Waals surface area contributed by atoms with Gasteiger partial charge in [0.25, 0.3) is 5.91 Å². The number of ether oxygens (including phenoxy) is 2. The number of fused-ring (bicyclic) bond motifs is 1. The SMILES string of the molecule is O=C(c1ccc(OC(F)(F)F)cc1)N1CCC(Oc2cnc3ccccc3n2)CC1. The Morgan fingerprint density at radius 3 is 2.33 bits per heavy atom. The Morgan fingerprint density at radius 2 is 1.67 bits per heavy atom. The van der Waals surface area contributed by atoms with E-state index >= 15 is 0 Å². The second-order valence-electron chi connectivity index (χ2n) is 6.88. The van der Waals surface area contributed by atoms with Crippen molar-refractivity contribution in [1.82, 2.24) is 14.9 Å². The van der Waals surface area contributed by atoms with Crippen LogP contribution in [-0.4, -0.2) is 46.3 Å². The molecule has 1 amide bonds. The van der Waals surface area contributed by atoms with E-state index in [1.54, 1.807) is 11.1 Å². The molecular formula is C21H18F3N3O3. The van der Waals surface area contributed by atoms with Gasteiger partial charge in [-0.05, 0) is 36.4 Å². The van der Waals surface area contributed by atoms with Crippen LogP contribution in [-0.2, 0) is 0 Å². The molecule has 2 aromatic carbocycles. The van der Waals surface area contributed by atoms with E-state index in [0.29, 0.717) is 37.4 Å². The summed E-state index contributed by atoms with van der Waals surface area (Å²) in [4.78, 5) is 23.0. The number of aromatic nitrogens is 2. The predicted molar refractivity (Wildman–Crippen MR) is 102 cm³/mol. The predicted octanol–water partition coefficient (Wildman–Crippen LogP) is 4.21. The number of carbonyl (C=O) groups excluding carboxylic acids is 1. The molecule has 0 atom stereocenters. The fourth-order valence-corrected chi connectivity index (χ4v) is 3.33. The van der Waals surface area contributed by atoms with Crippen molar-refractivity contribution >= 4 is 16.9 Å². The fourth-order valence-electron chi connectivity index (χ4n) is 3.33. The van der Waals surface area contributed by atoms with Gasteiger partial charge in [-0.1, -0.05) is 12.1 Å². The third-order valence-electron chi connectivity index (χ3n) is 4.78. The van der Waals surface area contributed by atoms with Gasteiger partial charge in [0.2, 0.25) is 5.88 Å². The molecule has 4 rings (SSSR count). The zero-order valence-corrected chi connectivity index (χ0v) is 15.8. The maximum atomic E-state index is 12.6. The molecule has 3 aromatic rings. The molecule has 6 nitrogen and oxygen atoms in total. The van der Waals surface area contributed by atoms with Crippen molar-refractivity contribution in [3.63, 3.8) is 0 Å². The van der Waals surface area contributed by atoms with Crippen molar-refractivity contribution in [1.29, 1.82) is 0 Å². The number of alkyl halides is 3. The van der Waals surface area contributed by atoms with Gasteiger partial charge in [-0.25, -0.2) is 9.97 Å². The maximum absolute atomic E-state index is 12.6. The van der Waals surface area contributed by atoms with Gasteiger partial charge in [0.05, 0.1) is 17.2 Å². The minimum atomic E-state index is -4.76. The Hall–Kier alpha value is -3.36. The third-order valence-corrected chi connectivity index (χ3v) is 4.78. The number of benzene rings is 2. The molecular weight excluding hydrogens is 399 g/mol. The van der Waals surface area contributed by atoms with Crippen molar-refractivity contribution in [2.75, 3.05) is 13.1 Å². The molecule has 0 bridgehead atoms. The highest BCUT2D eigenvalue weighted by Crippen LogP contribution is 2.24. The molecule has 0 unspecified atom stereocenters. The summed E-state index contributed by atoms with van der Waals surface area (Å²) in [6.45, 7) is 0.955. The van der Waals surface area contributed by atoms with Crippen LogP contribution in [0.3, 0.4) is 0 Å². The van der Waals surface area contributed by atoms with Crippen LogP contribution in [0.1, 0.15) is 23.2 Å². The monoisotopic (exact) mass is 417 g/mol. The topological polar surface area (TPSA) is 64.5 Å². The summed E-state index contributed by atoms with van der Waals surface area (Å²) in [7, 11) is 0. The van der Waals surface area contributed by atoms with Gasteiger partial charge in [-0.2, -0.15) is 0 Å². The average molecular weight is 417 g/mol. The molecule has 0 saturated carbocycles. The van der Waals surface area contributed by atoms with Gasteiger partial charge in [-0.15, -0.1) is 13.2 Å². The van der Waals surface area contributed by atoms with E-state index in [-0.39, 0.29) is 17.8 Å². The molecule has 1 fully saturated rings. The smallest absolute Gasteiger partial charge is 0.473 e. The number of likely N-dealkylation sites (tertiary alicyclic amines) is 1. The Morgan fingerprint density at radius 1 is 1.00 bits per heavy atom. The summed E-state index contributed by atoms with van der Waals surface area (Å²) in [6, 6.07) is 12.4.